The van der Waals surface area contributed by atoms with Gasteiger partial charge in [0.15, 0.2) is 0 Å². The molecule has 8 heteroatoms. The average molecular weight is 309 g/mol. The summed E-state index contributed by atoms with van der Waals surface area (Å²) in [4.78, 5) is 8.17. The van der Waals surface area contributed by atoms with Gasteiger partial charge in [-0.2, -0.15) is 0 Å². The van der Waals surface area contributed by atoms with Gasteiger partial charge in [0.05, 0.1) is 6.33 Å². The van der Waals surface area contributed by atoms with Crippen LogP contribution in [0.25, 0.3) is 0 Å². The molecule has 2 heterocycles. The van der Waals surface area contributed by atoms with Crippen molar-refractivity contribution < 1.29 is 8.42 Å². The number of aryl methyl sites for hydroxylation is 1. The highest BCUT2D eigenvalue weighted by atomic mass is 32.2. The van der Waals surface area contributed by atoms with E-state index in [0.29, 0.717) is 25.3 Å². The molecule has 0 spiro atoms. The van der Waals surface area contributed by atoms with Crippen molar-refractivity contribution in [2.75, 3.05) is 18.4 Å². The first kappa shape index (κ1) is 15.5. The van der Waals surface area contributed by atoms with E-state index in [1.807, 2.05) is 17.7 Å². The van der Waals surface area contributed by atoms with Crippen molar-refractivity contribution in [3.63, 3.8) is 0 Å². The first-order valence-electron chi connectivity index (χ1n) is 6.78. The first-order chi connectivity index (χ1) is 10.1. The van der Waals surface area contributed by atoms with Crippen LogP contribution in [-0.2, 0) is 16.6 Å². The largest absolute Gasteiger partial charge is 0.369 e. The molecule has 0 atom stereocenters. The number of nitrogens with zero attached hydrogens (tertiary/aromatic N) is 3. The van der Waals surface area contributed by atoms with E-state index < -0.39 is 10.0 Å². The Kier molecular flexibility index (Phi) is 5.29. The summed E-state index contributed by atoms with van der Waals surface area (Å²) in [6.45, 7) is 3.58. The molecule has 0 bridgehead atoms. The standard InChI is InChI=1S/C13H19N5O2S/c1-2-15-13-12(5-3-6-16-13)21(19,20)17-7-4-9-18-10-8-14-11-18/h3,5-6,8,10-11,17H,2,4,7,9H2,1H3,(H,15,16). The lowest BCUT2D eigenvalue weighted by molar-refractivity contribution is 0.569. The second-order valence-electron chi connectivity index (χ2n) is 4.43. The normalized spacial score (nSPS) is 11.5. The van der Waals surface area contributed by atoms with E-state index in [2.05, 4.69) is 20.0 Å². The third-order valence-corrected chi connectivity index (χ3v) is 4.34. The molecule has 0 saturated heterocycles. The smallest absolute Gasteiger partial charge is 0.244 e. The van der Waals surface area contributed by atoms with Crippen LogP contribution in [0.4, 0.5) is 5.82 Å². The molecular formula is C13H19N5O2S. The Morgan fingerprint density at radius 2 is 2.19 bits per heavy atom. The summed E-state index contributed by atoms with van der Waals surface area (Å²) in [5, 5.41) is 2.95. The third kappa shape index (κ3) is 4.27. The van der Waals surface area contributed by atoms with Crippen LogP contribution in [0.5, 0.6) is 0 Å². The van der Waals surface area contributed by atoms with E-state index in [1.165, 1.54) is 0 Å². The van der Waals surface area contributed by atoms with Crippen molar-refractivity contribution in [2.24, 2.45) is 0 Å². The van der Waals surface area contributed by atoms with Gasteiger partial charge in [-0.05, 0) is 25.5 Å². The first-order valence-corrected chi connectivity index (χ1v) is 8.26. The zero-order valence-corrected chi connectivity index (χ0v) is 12.7. The van der Waals surface area contributed by atoms with Gasteiger partial charge in [0.2, 0.25) is 10.0 Å². The minimum absolute atomic E-state index is 0.175. The Labute approximate surface area is 124 Å². The number of aromatic nitrogens is 3. The molecule has 0 unspecified atom stereocenters. The van der Waals surface area contributed by atoms with E-state index in [0.717, 1.165) is 6.54 Å². The van der Waals surface area contributed by atoms with Gasteiger partial charge in [0.25, 0.3) is 0 Å². The van der Waals surface area contributed by atoms with Crippen LogP contribution in [0.2, 0.25) is 0 Å². The fourth-order valence-electron chi connectivity index (χ4n) is 1.87. The molecule has 114 valence electrons. The van der Waals surface area contributed by atoms with Crippen LogP contribution in [0.15, 0.2) is 41.9 Å². The maximum Gasteiger partial charge on any atom is 0.244 e. The van der Waals surface area contributed by atoms with Gasteiger partial charge in [-0.15, -0.1) is 0 Å². The van der Waals surface area contributed by atoms with Crippen LogP contribution in [-0.4, -0.2) is 36.0 Å². The van der Waals surface area contributed by atoms with Gasteiger partial charge in [-0.1, -0.05) is 0 Å². The number of hydrogen-bond donors (Lipinski definition) is 2. The van der Waals surface area contributed by atoms with Gasteiger partial charge in [0, 0.05) is 38.2 Å². The molecule has 7 nitrogen and oxygen atoms in total. The predicted octanol–water partition coefficient (Wildman–Crippen LogP) is 1.08. The fraction of sp³-hybridized carbons (Fsp3) is 0.385. The van der Waals surface area contributed by atoms with Crippen LogP contribution in [0.1, 0.15) is 13.3 Å². The second-order valence-corrected chi connectivity index (χ2v) is 6.17. The quantitative estimate of drug-likeness (QED) is 0.712. The van der Waals surface area contributed by atoms with Crippen LogP contribution < -0.4 is 10.0 Å². The van der Waals surface area contributed by atoms with Crippen molar-refractivity contribution in [1.82, 2.24) is 19.3 Å². The number of sulfonamides is 1. The maximum absolute atomic E-state index is 12.3. The number of anilines is 1. The van der Waals surface area contributed by atoms with Crippen molar-refractivity contribution >= 4 is 15.8 Å². The third-order valence-electron chi connectivity index (χ3n) is 2.85. The summed E-state index contributed by atoms with van der Waals surface area (Å²) < 4.78 is 29.1. The molecule has 0 aliphatic heterocycles. The van der Waals surface area contributed by atoms with Crippen molar-refractivity contribution in [3.8, 4) is 0 Å². The molecule has 0 fully saturated rings. The summed E-state index contributed by atoms with van der Waals surface area (Å²) in [5.74, 6) is 0.377. The highest BCUT2D eigenvalue weighted by Crippen LogP contribution is 2.17. The minimum Gasteiger partial charge on any atom is -0.369 e. The number of nitrogens with one attached hydrogen (secondary N) is 2. The second kappa shape index (κ2) is 7.19. The number of pyridine rings is 1. The molecule has 21 heavy (non-hydrogen) atoms. The molecule has 2 aromatic rings. The lowest BCUT2D eigenvalue weighted by atomic mass is 10.4. The summed E-state index contributed by atoms with van der Waals surface area (Å²) >= 11 is 0. The van der Waals surface area contributed by atoms with Crippen LogP contribution in [0, 0.1) is 0 Å². The van der Waals surface area contributed by atoms with E-state index in [9.17, 15) is 8.42 Å². The maximum atomic E-state index is 12.3. The Morgan fingerprint density at radius 3 is 2.90 bits per heavy atom. The molecule has 2 aromatic heterocycles. The molecule has 0 radical (unpaired) electrons. The highest BCUT2D eigenvalue weighted by molar-refractivity contribution is 7.89. The van der Waals surface area contributed by atoms with Crippen molar-refractivity contribution in [3.05, 3.63) is 37.1 Å². The lowest BCUT2D eigenvalue weighted by Gasteiger charge is -2.11. The Hall–Kier alpha value is -1.93. The number of rotatable bonds is 8. The van der Waals surface area contributed by atoms with Crippen molar-refractivity contribution in [1.29, 1.82) is 0 Å². The minimum atomic E-state index is -3.55. The predicted molar refractivity (Wildman–Crippen MR) is 80.4 cm³/mol. The monoisotopic (exact) mass is 309 g/mol. The zero-order chi connectivity index (χ0) is 15.1. The highest BCUT2D eigenvalue weighted by Gasteiger charge is 2.18. The summed E-state index contributed by atoms with van der Waals surface area (Å²) in [6, 6.07) is 3.16. The van der Waals surface area contributed by atoms with Crippen molar-refractivity contribution in [2.45, 2.75) is 24.8 Å². The molecule has 2 rings (SSSR count). The molecule has 0 saturated carbocycles. The van der Waals surface area contributed by atoms with Gasteiger partial charge < -0.3 is 9.88 Å². The zero-order valence-electron chi connectivity index (χ0n) is 11.9. The summed E-state index contributed by atoms with van der Waals surface area (Å²) in [7, 11) is -3.55. The Morgan fingerprint density at radius 1 is 1.33 bits per heavy atom. The lowest BCUT2D eigenvalue weighted by Crippen LogP contribution is -2.26. The molecule has 0 aromatic carbocycles. The van der Waals surface area contributed by atoms with Gasteiger partial charge in [-0.25, -0.2) is 23.1 Å². The summed E-state index contributed by atoms with van der Waals surface area (Å²) in [6.07, 6.45) is 7.50. The summed E-state index contributed by atoms with van der Waals surface area (Å²) in [5.41, 5.74) is 0. The Balaban J connectivity index is 1.95. The molecule has 2 N–H and O–H groups in total. The van der Waals surface area contributed by atoms with E-state index >= 15 is 0 Å². The number of hydrogen-bond acceptors (Lipinski definition) is 5. The molecular weight excluding hydrogens is 290 g/mol. The van der Waals surface area contributed by atoms with E-state index in [1.54, 1.807) is 30.9 Å². The van der Waals surface area contributed by atoms with Gasteiger partial charge >= 0.3 is 0 Å². The molecule has 0 aliphatic rings. The van der Waals surface area contributed by atoms with E-state index in [-0.39, 0.29) is 4.90 Å². The molecule has 0 aliphatic carbocycles. The number of imidazole rings is 1. The SMILES string of the molecule is CCNc1ncccc1S(=O)(=O)NCCCn1ccnc1. The Bertz CT molecular complexity index is 655. The fourth-order valence-corrected chi connectivity index (χ4v) is 3.08. The molecule has 0 amide bonds. The van der Waals surface area contributed by atoms with Crippen LogP contribution >= 0.6 is 0 Å². The average Bonchev–Trinajstić information content (AvgIpc) is 2.98. The van der Waals surface area contributed by atoms with E-state index in [4.69, 9.17) is 0 Å². The van der Waals surface area contributed by atoms with Crippen LogP contribution in [0.3, 0.4) is 0 Å². The van der Waals surface area contributed by atoms with Gasteiger partial charge in [0.1, 0.15) is 10.7 Å². The van der Waals surface area contributed by atoms with Gasteiger partial charge in [-0.3, -0.25) is 0 Å². The topological polar surface area (TPSA) is 88.9 Å².